The van der Waals surface area contributed by atoms with Gasteiger partial charge in [-0.25, -0.2) is 4.79 Å². The molecule has 1 aliphatic heterocycles. The average molecular weight is 283 g/mol. The number of nitrogens with zero attached hydrogens (tertiary/aromatic N) is 2. The summed E-state index contributed by atoms with van der Waals surface area (Å²) < 4.78 is 0. The van der Waals surface area contributed by atoms with Crippen molar-refractivity contribution in [2.75, 3.05) is 26.2 Å². The summed E-state index contributed by atoms with van der Waals surface area (Å²) in [6.07, 6.45) is 5.57. The zero-order valence-electron chi connectivity index (χ0n) is 12.0. The van der Waals surface area contributed by atoms with Crippen LogP contribution in [0.1, 0.15) is 38.5 Å². The molecule has 1 heterocycles. The summed E-state index contributed by atoms with van der Waals surface area (Å²) in [5.41, 5.74) is 5.31. The number of hydrogen-bond donors (Lipinski definition) is 2. The number of amides is 3. The van der Waals surface area contributed by atoms with Crippen LogP contribution in [-0.2, 0) is 4.79 Å². The van der Waals surface area contributed by atoms with Crippen LogP contribution >= 0.6 is 0 Å². The molecule has 1 unspecified atom stereocenters. The number of nitrogens with two attached hydrogens (primary N) is 1. The van der Waals surface area contributed by atoms with E-state index in [9.17, 15) is 9.59 Å². The quantitative estimate of drug-likeness (QED) is 0.772. The summed E-state index contributed by atoms with van der Waals surface area (Å²) in [6.45, 7) is 1.82. The lowest BCUT2D eigenvalue weighted by Gasteiger charge is -2.41. The average Bonchev–Trinajstić information content (AvgIpc) is 2.40. The van der Waals surface area contributed by atoms with Gasteiger partial charge in [-0.05, 0) is 38.5 Å². The standard InChI is InChI=1S/C14H25N3O3/c15-14(20)16-7-2-4-11(10-16)13(19)17(8-3-9-18)12-5-1-6-12/h11-12,18H,1-10H2,(H2,15,20). The number of rotatable bonds is 5. The molecule has 0 aromatic rings. The van der Waals surface area contributed by atoms with E-state index in [0.717, 1.165) is 25.7 Å². The second-order valence-electron chi connectivity index (χ2n) is 5.82. The van der Waals surface area contributed by atoms with E-state index in [2.05, 4.69) is 0 Å². The summed E-state index contributed by atoms with van der Waals surface area (Å²) in [6, 6.07) is -0.106. The van der Waals surface area contributed by atoms with Crippen molar-refractivity contribution in [3.8, 4) is 0 Å². The lowest BCUT2D eigenvalue weighted by molar-refractivity contribution is -0.141. The Morgan fingerprint density at radius 1 is 1.25 bits per heavy atom. The SMILES string of the molecule is NC(=O)N1CCCC(C(=O)N(CCCO)C2CCC2)C1. The molecule has 2 aliphatic rings. The van der Waals surface area contributed by atoms with Gasteiger partial charge in [0.1, 0.15) is 0 Å². The first-order chi connectivity index (χ1) is 9.63. The molecule has 3 amide bonds. The highest BCUT2D eigenvalue weighted by Crippen LogP contribution is 2.28. The van der Waals surface area contributed by atoms with Gasteiger partial charge in [-0.3, -0.25) is 4.79 Å². The number of aliphatic hydroxyl groups excluding tert-OH is 1. The van der Waals surface area contributed by atoms with Crippen LogP contribution in [0.2, 0.25) is 0 Å². The summed E-state index contributed by atoms with van der Waals surface area (Å²) in [4.78, 5) is 27.4. The van der Waals surface area contributed by atoms with Crippen molar-refractivity contribution in [2.45, 2.75) is 44.6 Å². The van der Waals surface area contributed by atoms with Crippen LogP contribution < -0.4 is 5.73 Å². The summed E-state index contributed by atoms with van der Waals surface area (Å²) in [5.74, 6) is 0.00430. The summed E-state index contributed by atoms with van der Waals surface area (Å²) >= 11 is 0. The molecule has 0 radical (unpaired) electrons. The van der Waals surface area contributed by atoms with Crippen LogP contribution in [0.4, 0.5) is 4.79 Å². The van der Waals surface area contributed by atoms with Gasteiger partial charge < -0.3 is 20.6 Å². The van der Waals surface area contributed by atoms with Crippen molar-refractivity contribution in [2.24, 2.45) is 11.7 Å². The molecule has 20 heavy (non-hydrogen) atoms. The van der Waals surface area contributed by atoms with E-state index in [1.54, 1.807) is 4.90 Å². The molecule has 1 saturated carbocycles. The fourth-order valence-corrected chi connectivity index (χ4v) is 3.03. The lowest BCUT2D eigenvalue weighted by atomic mass is 9.88. The number of urea groups is 1. The Balaban J connectivity index is 1.96. The van der Waals surface area contributed by atoms with Crippen molar-refractivity contribution in [1.82, 2.24) is 9.80 Å². The number of carbonyl (C=O) groups excluding carboxylic acids is 2. The van der Waals surface area contributed by atoms with Crippen LogP contribution in [-0.4, -0.2) is 59.1 Å². The van der Waals surface area contributed by atoms with Gasteiger partial charge >= 0.3 is 6.03 Å². The van der Waals surface area contributed by atoms with Gasteiger partial charge in [0, 0.05) is 32.3 Å². The molecule has 1 atom stereocenters. The second-order valence-corrected chi connectivity index (χ2v) is 5.82. The van der Waals surface area contributed by atoms with Gasteiger partial charge in [0.05, 0.1) is 5.92 Å². The third kappa shape index (κ3) is 3.42. The number of carbonyl (C=O) groups is 2. The molecule has 0 bridgehead atoms. The Hall–Kier alpha value is -1.30. The van der Waals surface area contributed by atoms with E-state index in [-0.39, 0.29) is 18.4 Å². The molecule has 114 valence electrons. The minimum Gasteiger partial charge on any atom is -0.396 e. The highest BCUT2D eigenvalue weighted by Gasteiger charge is 2.35. The van der Waals surface area contributed by atoms with Gasteiger partial charge in [0.2, 0.25) is 5.91 Å². The van der Waals surface area contributed by atoms with Gasteiger partial charge in [-0.1, -0.05) is 0 Å². The van der Waals surface area contributed by atoms with Gasteiger partial charge in [-0.15, -0.1) is 0 Å². The first kappa shape index (κ1) is 15.1. The maximum Gasteiger partial charge on any atom is 0.314 e. The topological polar surface area (TPSA) is 86.9 Å². The number of likely N-dealkylation sites (tertiary alicyclic amines) is 1. The van der Waals surface area contributed by atoms with Crippen LogP contribution in [0.15, 0.2) is 0 Å². The molecule has 6 nitrogen and oxygen atoms in total. The maximum absolute atomic E-state index is 12.7. The molecule has 0 aromatic carbocycles. The number of aliphatic hydroxyl groups is 1. The molecular formula is C14H25N3O3. The first-order valence-electron chi connectivity index (χ1n) is 7.59. The minimum absolute atomic E-state index is 0.106. The molecular weight excluding hydrogens is 258 g/mol. The van der Waals surface area contributed by atoms with E-state index in [4.69, 9.17) is 10.8 Å². The molecule has 0 spiro atoms. The van der Waals surface area contributed by atoms with E-state index in [1.807, 2.05) is 4.90 Å². The molecule has 3 N–H and O–H groups in total. The Morgan fingerprint density at radius 3 is 2.55 bits per heavy atom. The fourth-order valence-electron chi connectivity index (χ4n) is 3.03. The van der Waals surface area contributed by atoms with E-state index < -0.39 is 6.03 Å². The third-order valence-electron chi connectivity index (χ3n) is 4.44. The van der Waals surface area contributed by atoms with Crippen molar-refractivity contribution in [1.29, 1.82) is 0 Å². The maximum atomic E-state index is 12.7. The van der Waals surface area contributed by atoms with E-state index in [0.29, 0.717) is 32.1 Å². The number of primary amides is 1. The smallest absolute Gasteiger partial charge is 0.314 e. The summed E-state index contributed by atoms with van der Waals surface area (Å²) in [7, 11) is 0. The van der Waals surface area contributed by atoms with E-state index >= 15 is 0 Å². The zero-order chi connectivity index (χ0) is 14.5. The van der Waals surface area contributed by atoms with Gasteiger partial charge in [0.15, 0.2) is 0 Å². The zero-order valence-corrected chi connectivity index (χ0v) is 12.0. The predicted molar refractivity (Wildman–Crippen MR) is 74.9 cm³/mol. The van der Waals surface area contributed by atoms with Gasteiger partial charge in [0.25, 0.3) is 0 Å². The van der Waals surface area contributed by atoms with Crippen LogP contribution in [0, 0.1) is 5.92 Å². The van der Waals surface area contributed by atoms with Crippen molar-refractivity contribution < 1.29 is 14.7 Å². The molecule has 1 saturated heterocycles. The Bertz CT molecular complexity index is 358. The van der Waals surface area contributed by atoms with Crippen LogP contribution in [0.25, 0.3) is 0 Å². The largest absolute Gasteiger partial charge is 0.396 e. The minimum atomic E-state index is -0.437. The number of piperidine rings is 1. The second kappa shape index (κ2) is 6.92. The molecule has 2 rings (SSSR count). The summed E-state index contributed by atoms with van der Waals surface area (Å²) in [5, 5.41) is 8.99. The van der Waals surface area contributed by atoms with Crippen molar-refractivity contribution >= 4 is 11.9 Å². The van der Waals surface area contributed by atoms with Crippen LogP contribution in [0.5, 0.6) is 0 Å². The Morgan fingerprint density at radius 2 is 2.00 bits per heavy atom. The molecule has 1 aliphatic carbocycles. The third-order valence-corrected chi connectivity index (χ3v) is 4.44. The van der Waals surface area contributed by atoms with E-state index in [1.165, 1.54) is 6.42 Å². The molecule has 6 heteroatoms. The Labute approximate surface area is 119 Å². The number of hydrogen-bond acceptors (Lipinski definition) is 3. The highest BCUT2D eigenvalue weighted by atomic mass is 16.3. The molecule has 2 fully saturated rings. The van der Waals surface area contributed by atoms with Gasteiger partial charge in [-0.2, -0.15) is 0 Å². The predicted octanol–water partition coefficient (Wildman–Crippen LogP) is 0.541. The first-order valence-corrected chi connectivity index (χ1v) is 7.59. The normalized spacial score (nSPS) is 23.2. The molecule has 0 aromatic heterocycles. The highest BCUT2D eigenvalue weighted by molar-refractivity contribution is 5.81. The van der Waals surface area contributed by atoms with Crippen molar-refractivity contribution in [3.63, 3.8) is 0 Å². The fraction of sp³-hybridized carbons (Fsp3) is 0.857. The Kier molecular flexibility index (Phi) is 5.23. The van der Waals surface area contributed by atoms with Crippen molar-refractivity contribution in [3.05, 3.63) is 0 Å². The van der Waals surface area contributed by atoms with Crippen LogP contribution in [0.3, 0.4) is 0 Å². The lowest BCUT2D eigenvalue weighted by Crippen LogP contribution is -2.52. The monoisotopic (exact) mass is 283 g/mol.